The van der Waals surface area contributed by atoms with Crippen molar-refractivity contribution in [2.24, 2.45) is 5.84 Å². The summed E-state index contributed by atoms with van der Waals surface area (Å²) in [6.45, 7) is 0.278. The van der Waals surface area contributed by atoms with E-state index in [0.29, 0.717) is 29.4 Å². The molecule has 0 radical (unpaired) electrons. The van der Waals surface area contributed by atoms with Crippen molar-refractivity contribution < 1.29 is 17.9 Å². The predicted molar refractivity (Wildman–Crippen MR) is 86.6 cm³/mol. The molecule has 8 heteroatoms. The van der Waals surface area contributed by atoms with Crippen LogP contribution in [-0.4, -0.2) is 17.7 Å². The average molecular weight is 340 g/mol. The molecule has 24 heavy (non-hydrogen) atoms. The van der Waals surface area contributed by atoms with Crippen LogP contribution in [-0.2, 0) is 0 Å². The van der Waals surface area contributed by atoms with E-state index in [9.17, 15) is 13.2 Å². The number of nitrogen functional groups attached to an aromatic ring is 1. The van der Waals surface area contributed by atoms with Gasteiger partial charge in [-0.05, 0) is 31.0 Å². The van der Waals surface area contributed by atoms with Gasteiger partial charge in [0.2, 0.25) is 5.88 Å². The fourth-order valence-electron chi connectivity index (χ4n) is 2.11. The lowest BCUT2D eigenvalue weighted by Crippen LogP contribution is -2.32. The SMILES string of the molecule is Nc1cc(Oc2ccccn2)ccc1N(N)CCCCC(F)(F)F. The number of halogens is 3. The zero-order chi connectivity index (χ0) is 17.6. The summed E-state index contributed by atoms with van der Waals surface area (Å²) in [7, 11) is 0. The van der Waals surface area contributed by atoms with Crippen LogP contribution in [0.3, 0.4) is 0 Å². The average Bonchev–Trinajstić information content (AvgIpc) is 2.51. The molecule has 1 heterocycles. The monoisotopic (exact) mass is 340 g/mol. The second-order valence-corrected chi connectivity index (χ2v) is 5.26. The van der Waals surface area contributed by atoms with Gasteiger partial charge < -0.3 is 15.5 Å². The highest BCUT2D eigenvalue weighted by molar-refractivity contribution is 5.69. The van der Waals surface area contributed by atoms with Crippen LogP contribution < -0.4 is 21.3 Å². The highest BCUT2D eigenvalue weighted by Crippen LogP contribution is 2.29. The Bertz CT molecular complexity index is 650. The smallest absolute Gasteiger partial charge is 0.389 e. The molecule has 0 amide bonds. The quantitative estimate of drug-likeness (QED) is 0.346. The molecule has 0 fully saturated rings. The first-order valence-electron chi connectivity index (χ1n) is 7.42. The molecule has 0 bridgehead atoms. The third kappa shape index (κ3) is 5.62. The summed E-state index contributed by atoms with van der Waals surface area (Å²) in [5.74, 6) is 6.80. The standard InChI is InChI=1S/C16H19F3N4O/c17-16(18,19)8-2-4-10-23(21)14-7-6-12(11-13(14)20)24-15-5-1-3-9-22-15/h1,3,5-7,9,11H,2,4,8,10,20-21H2. The van der Waals surface area contributed by atoms with Crippen molar-refractivity contribution in [2.45, 2.75) is 25.4 Å². The van der Waals surface area contributed by atoms with Gasteiger partial charge in [-0.1, -0.05) is 6.07 Å². The van der Waals surface area contributed by atoms with Crippen LogP contribution in [0.25, 0.3) is 0 Å². The van der Waals surface area contributed by atoms with Crippen molar-refractivity contribution in [1.82, 2.24) is 4.98 Å². The van der Waals surface area contributed by atoms with Crippen LogP contribution in [0.5, 0.6) is 11.6 Å². The minimum absolute atomic E-state index is 0.0258. The molecule has 130 valence electrons. The molecule has 4 N–H and O–H groups in total. The van der Waals surface area contributed by atoms with Crippen molar-refractivity contribution in [1.29, 1.82) is 0 Å². The normalized spacial score (nSPS) is 11.3. The zero-order valence-corrected chi connectivity index (χ0v) is 13.0. The largest absolute Gasteiger partial charge is 0.439 e. The van der Waals surface area contributed by atoms with E-state index in [1.54, 1.807) is 42.6 Å². The zero-order valence-electron chi connectivity index (χ0n) is 13.0. The Morgan fingerprint density at radius 1 is 1.12 bits per heavy atom. The van der Waals surface area contributed by atoms with Gasteiger partial charge in [-0.15, -0.1) is 0 Å². The maximum Gasteiger partial charge on any atom is 0.389 e. The van der Waals surface area contributed by atoms with Crippen LogP contribution in [0.1, 0.15) is 19.3 Å². The molecule has 0 saturated carbocycles. The number of aromatic nitrogens is 1. The van der Waals surface area contributed by atoms with Crippen molar-refractivity contribution in [3.63, 3.8) is 0 Å². The Morgan fingerprint density at radius 2 is 1.92 bits per heavy atom. The number of unbranched alkanes of at least 4 members (excludes halogenated alkanes) is 1. The summed E-state index contributed by atoms with van der Waals surface area (Å²) in [4.78, 5) is 4.04. The van der Waals surface area contributed by atoms with Gasteiger partial charge in [0.15, 0.2) is 0 Å². The molecule has 2 aromatic rings. The predicted octanol–water partition coefficient (Wildman–Crippen LogP) is 3.87. The summed E-state index contributed by atoms with van der Waals surface area (Å²) in [5, 5.41) is 1.34. The molecule has 0 atom stereocenters. The van der Waals surface area contributed by atoms with E-state index < -0.39 is 12.6 Å². The third-order valence-corrected chi connectivity index (χ3v) is 3.28. The molecular weight excluding hydrogens is 321 g/mol. The summed E-state index contributed by atoms with van der Waals surface area (Å²) in [5.41, 5.74) is 6.86. The van der Waals surface area contributed by atoms with E-state index in [4.69, 9.17) is 16.3 Å². The van der Waals surface area contributed by atoms with Crippen molar-refractivity contribution in [3.8, 4) is 11.6 Å². The fourth-order valence-corrected chi connectivity index (χ4v) is 2.11. The number of alkyl halides is 3. The third-order valence-electron chi connectivity index (χ3n) is 3.28. The number of ether oxygens (including phenoxy) is 1. The molecular formula is C16H19F3N4O. The minimum atomic E-state index is -4.14. The second-order valence-electron chi connectivity index (χ2n) is 5.26. The van der Waals surface area contributed by atoms with Crippen LogP contribution in [0.4, 0.5) is 24.5 Å². The number of hydrazine groups is 1. The molecule has 0 aliphatic carbocycles. The van der Waals surface area contributed by atoms with E-state index in [1.807, 2.05) is 0 Å². The molecule has 0 unspecified atom stereocenters. The maximum absolute atomic E-state index is 12.1. The molecule has 1 aromatic carbocycles. The van der Waals surface area contributed by atoms with Crippen LogP contribution >= 0.6 is 0 Å². The number of hydrogen-bond donors (Lipinski definition) is 2. The Morgan fingerprint density at radius 3 is 2.54 bits per heavy atom. The van der Waals surface area contributed by atoms with Crippen LogP contribution in [0.15, 0.2) is 42.6 Å². The Labute approximate surface area is 138 Å². The van der Waals surface area contributed by atoms with Crippen molar-refractivity contribution >= 4 is 11.4 Å². The Balaban J connectivity index is 1.91. The van der Waals surface area contributed by atoms with Crippen LogP contribution in [0.2, 0.25) is 0 Å². The number of pyridine rings is 1. The number of hydrogen-bond acceptors (Lipinski definition) is 5. The molecule has 0 aliphatic heterocycles. The van der Waals surface area contributed by atoms with Gasteiger partial charge in [-0.2, -0.15) is 13.2 Å². The molecule has 0 aliphatic rings. The fraction of sp³-hybridized carbons (Fsp3) is 0.312. The van der Waals surface area contributed by atoms with Gasteiger partial charge in [0.05, 0.1) is 11.4 Å². The molecule has 1 aromatic heterocycles. The summed E-state index contributed by atoms with van der Waals surface area (Å²) in [6.07, 6.45) is -2.99. The van der Waals surface area contributed by atoms with Gasteiger partial charge in [-0.25, -0.2) is 10.8 Å². The number of nitrogens with zero attached hydrogens (tertiary/aromatic N) is 2. The first-order valence-corrected chi connectivity index (χ1v) is 7.42. The van der Waals surface area contributed by atoms with Gasteiger partial charge in [-0.3, -0.25) is 0 Å². The van der Waals surface area contributed by atoms with E-state index in [1.165, 1.54) is 5.01 Å². The van der Waals surface area contributed by atoms with E-state index in [2.05, 4.69) is 4.98 Å². The highest BCUT2D eigenvalue weighted by atomic mass is 19.4. The minimum Gasteiger partial charge on any atom is -0.439 e. The Hall–Kier alpha value is -2.48. The maximum atomic E-state index is 12.1. The molecule has 0 saturated heterocycles. The summed E-state index contributed by atoms with van der Waals surface area (Å²) in [6, 6.07) is 10.2. The van der Waals surface area contributed by atoms with Gasteiger partial charge in [0.1, 0.15) is 5.75 Å². The molecule has 0 spiro atoms. The summed E-state index contributed by atoms with van der Waals surface area (Å²) >= 11 is 0. The van der Waals surface area contributed by atoms with E-state index in [0.717, 1.165) is 0 Å². The highest BCUT2D eigenvalue weighted by Gasteiger charge is 2.25. The lowest BCUT2D eigenvalue weighted by atomic mass is 10.2. The second kappa shape index (κ2) is 7.87. The first kappa shape index (κ1) is 17.9. The Kier molecular flexibility index (Phi) is 5.86. The number of benzene rings is 1. The van der Waals surface area contributed by atoms with Crippen LogP contribution in [0, 0.1) is 0 Å². The van der Waals surface area contributed by atoms with Crippen molar-refractivity contribution in [2.75, 3.05) is 17.3 Å². The van der Waals surface area contributed by atoms with Gasteiger partial charge >= 0.3 is 6.18 Å². The molecule has 5 nitrogen and oxygen atoms in total. The summed E-state index contributed by atoms with van der Waals surface area (Å²) < 4.78 is 41.9. The van der Waals surface area contributed by atoms with E-state index in [-0.39, 0.29) is 13.0 Å². The first-order chi connectivity index (χ1) is 11.3. The van der Waals surface area contributed by atoms with Gasteiger partial charge in [0.25, 0.3) is 0 Å². The molecule has 2 rings (SSSR count). The van der Waals surface area contributed by atoms with Crippen molar-refractivity contribution in [3.05, 3.63) is 42.6 Å². The topological polar surface area (TPSA) is 77.4 Å². The number of rotatable bonds is 7. The number of nitrogens with two attached hydrogens (primary N) is 2. The lowest BCUT2D eigenvalue weighted by Gasteiger charge is -2.21. The lowest BCUT2D eigenvalue weighted by molar-refractivity contribution is -0.135. The van der Waals surface area contributed by atoms with Gasteiger partial charge in [0, 0.05) is 31.3 Å². The number of anilines is 2. The van der Waals surface area contributed by atoms with E-state index >= 15 is 0 Å².